The summed E-state index contributed by atoms with van der Waals surface area (Å²) in [6, 6.07) is 7.46. The molecule has 1 aliphatic rings. The maximum atomic E-state index is 14.1. The van der Waals surface area contributed by atoms with Crippen LogP contribution in [0.2, 0.25) is 0 Å². The Morgan fingerprint density at radius 1 is 1.39 bits per heavy atom. The van der Waals surface area contributed by atoms with Gasteiger partial charge < -0.3 is 24.5 Å². The number of pyridine rings is 1. The molecule has 0 saturated carbocycles. The van der Waals surface area contributed by atoms with E-state index in [9.17, 15) is 13.6 Å². The number of nitrogens with zero attached hydrogens (tertiary/aromatic N) is 1. The van der Waals surface area contributed by atoms with Crippen LogP contribution in [-0.2, 0) is 6.61 Å². The van der Waals surface area contributed by atoms with Crippen molar-refractivity contribution in [2.24, 2.45) is 0 Å². The summed E-state index contributed by atoms with van der Waals surface area (Å²) in [5, 5.41) is 5.63. The van der Waals surface area contributed by atoms with E-state index in [0.717, 1.165) is 5.56 Å². The van der Waals surface area contributed by atoms with E-state index in [0.29, 0.717) is 34.9 Å². The van der Waals surface area contributed by atoms with Crippen LogP contribution in [0.4, 0.5) is 8.78 Å². The third kappa shape index (κ3) is 4.32. The number of alkyl halides is 2. The van der Waals surface area contributed by atoms with Crippen molar-refractivity contribution >= 4 is 16.9 Å². The minimum Gasteiger partial charge on any atom is -0.489 e. The maximum Gasteiger partial charge on any atom is 0.280 e. The average Bonchev–Trinajstić information content (AvgIpc) is 3.08. The van der Waals surface area contributed by atoms with Crippen molar-refractivity contribution in [3.8, 4) is 11.6 Å². The lowest BCUT2D eigenvalue weighted by molar-refractivity contribution is -0.0487. The molecule has 0 bridgehead atoms. The second-order valence-corrected chi connectivity index (χ2v) is 7.40. The first kappa shape index (κ1) is 21.0. The van der Waals surface area contributed by atoms with Gasteiger partial charge in [-0.25, -0.2) is 13.8 Å². The number of methoxy groups -OCH3 is 1. The van der Waals surface area contributed by atoms with Crippen LogP contribution < -0.4 is 20.1 Å². The van der Waals surface area contributed by atoms with E-state index in [-0.39, 0.29) is 18.6 Å². The number of furan rings is 1. The molecule has 7 nitrogen and oxygen atoms in total. The first-order valence-electron chi connectivity index (χ1n) is 9.92. The zero-order chi connectivity index (χ0) is 22.0. The summed E-state index contributed by atoms with van der Waals surface area (Å²) in [4.78, 5) is 17.0. The summed E-state index contributed by atoms with van der Waals surface area (Å²) in [7, 11) is 1.53. The molecule has 1 aromatic carbocycles. The van der Waals surface area contributed by atoms with E-state index in [2.05, 4.69) is 15.6 Å². The molecule has 4 rings (SSSR count). The van der Waals surface area contributed by atoms with Crippen LogP contribution in [0.15, 0.2) is 40.9 Å². The topological polar surface area (TPSA) is 85.6 Å². The fraction of sp³-hybridized carbons (Fsp3) is 0.364. The predicted octanol–water partition coefficient (Wildman–Crippen LogP) is 3.45. The summed E-state index contributed by atoms with van der Waals surface area (Å²) in [5.74, 6) is -2.28. The van der Waals surface area contributed by atoms with Crippen LogP contribution in [0.3, 0.4) is 0 Å². The van der Waals surface area contributed by atoms with Crippen LogP contribution in [-0.4, -0.2) is 43.1 Å². The number of hydrogen-bond donors (Lipinski definition) is 2. The normalized spacial score (nSPS) is 18.0. The van der Waals surface area contributed by atoms with Crippen molar-refractivity contribution < 1.29 is 27.5 Å². The molecule has 1 saturated heterocycles. The van der Waals surface area contributed by atoms with Gasteiger partial charge in [-0.15, -0.1) is 0 Å². The van der Waals surface area contributed by atoms with Crippen molar-refractivity contribution in [3.05, 3.63) is 53.4 Å². The number of fused-ring (bicyclic) bond motifs is 1. The monoisotopic (exact) mass is 431 g/mol. The molecule has 2 aromatic heterocycles. The number of ether oxygens (including phenoxy) is 2. The van der Waals surface area contributed by atoms with Crippen LogP contribution in [0.1, 0.15) is 28.1 Å². The molecule has 0 radical (unpaired) electrons. The number of carbonyl (C=O) groups is 1. The highest BCUT2D eigenvalue weighted by Crippen LogP contribution is 2.31. The molecule has 31 heavy (non-hydrogen) atoms. The molecule has 164 valence electrons. The molecule has 1 unspecified atom stereocenters. The molecule has 3 aromatic rings. The summed E-state index contributed by atoms with van der Waals surface area (Å²) < 4.78 is 45.0. The highest BCUT2D eigenvalue weighted by atomic mass is 19.3. The van der Waals surface area contributed by atoms with E-state index in [1.165, 1.54) is 7.11 Å². The summed E-state index contributed by atoms with van der Waals surface area (Å²) >= 11 is 0. The number of carbonyl (C=O) groups excluding carboxylic acids is 1. The van der Waals surface area contributed by atoms with E-state index in [1.807, 2.05) is 6.07 Å². The maximum absolute atomic E-state index is 14.1. The third-order valence-corrected chi connectivity index (χ3v) is 5.29. The molecule has 2 N–H and O–H groups in total. The number of aryl methyl sites for hydroxylation is 1. The van der Waals surface area contributed by atoms with Gasteiger partial charge in [0.25, 0.3) is 11.8 Å². The van der Waals surface area contributed by atoms with Gasteiger partial charge in [0.05, 0.1) is 30.8 Å². The Kier molecular flexibility index (Phi) is 5.77. The number of piperidine rings is 1. The number of hydrogen-bond acceptors (Lipinski definition) is 6. The quantitative estimate of drug-likeness (QED) is 0.622. The van der Waals surface area contributed by atoms with Crippen molar-refractivity contribution in [2.45, 2.75) is 31.9 Å². The molecular weight excluding hydrogens is 408 g/mol. The smallest absolute Gasteiger partial charge is 0.280 e. The largest absolute Gasteiger partial charge is 0.489 e. The van der Waals surface area contributed by atoms with Crippen molar-refractivity contribution in [1.29, 1.82) is 0 Å². The van der Waals surface area contributed by atoms with Crippen LogP contribution >= 0.6 is 0 Å². The standard InChI is InChI=1S/C22H23F2N3O4/c1-13-19(20(28)27-18-7-9-25-12-22(18,23)24)16-10-15(5-6-17(16)31-13)30-11-14-4-3-8-26-21(14)29-2/h3-6,8,10,18,25H,7,9,11-12H2,1-2H3,(H,27,28). The third-order valence-electron chi connectivity index (χ3n) is 5.29. The molecule has 1 amide bonds. The van der Waals surface area contributed by atoms with Gasteiger partial charge in [0, 0.05) is 11.6 Å². The number of aromatic nitrogens is 1. The zero-order valence-corrected chi connectivity index (χ0v) is 17.2. The van der Waals surface area contributed by atoms with Crippen LogP contribution in [0, 0.1) is 6.92 Å². The predicted molar refractivity (Wildman–Crippen MR) is 110 cm³/mol. The van der Waals surface area contributed by atoms with Gasteiger partial charge in [-0.3, -0.25) is 4.79 Å². The fourth-order valence-corrected chi connectivity index (χ4v) is 3.69. The van der Waals surface area contributed by atoms with Gasteiger partial charge in [0.2, 0.25) is 5.88 Å². The number of amides is 1. The lowest BCUT2D eigenvalue weighted by atomic mass is 10.0. The molecule has 0 spiro atoms. The van der Waals surface area contributed by atoms with Gasteiger partial charge in [-0.1, -0.05) is 0 Å². The Bertz CT molecular complexity index is 1100. The molecule has 9 heteroatoms. The van der Waals surface area contributed by atoms with Gasteiger partial charge in [-0.2, -0.15) is 0 Å². The fourth-order valence-electron chi connectivity index (χ4n) is 3.69. The van der Waals surface area contributed by atoms with Gasteiger partial charge in [0.1, 0.15) is 23.7 Å². The molecule has 1 fully saturated rings. The van der Waals surface area contributed by atoms with E-state index in [4.69, 9.17) is 13.9 Å². The first-order valence-corrected chi connectivity index (χ1v) is 9.92. The second kappa shape index (κ2) is 8.50. The van der Waals surface area contributed by atoms with E-state index in [1.54, 1.807) is 37.4 Å². The van der Waals surface area contributed by atoms with Crippen molar-refractivity contribution in [3.63, 3.8) is 0 Å². The van der Waals surface area contributed by atoms with Gasteiger partial charge >= 0.3 is 0 Å². The second-order valence-electron chi connectivity index (χ2n) is 7.40. The summed E-state index contributed by atoms with van der Waals surface area (Å²) in [6.07, 6.45) is 1.77. The SMILES string of the molecule is COc1ncccc1COc1ccc2oc(C)c(C(=O)NC3CCNCC3(F)F)c2c1. The number of halogens is 2. The van der Waals surface area contributed by atoms with Gasteiger partial charge in [0.15, 0.2) is 0 Å². The number of benzene rings is 1. The highest BCUT2D eigenvalue weighted by molar-refractivity contribution is 6.07. The Balaban J connectivity index is 1.56. The molecule has 1 aliphatic heterocycles. The zero-order valence-electron chi connectivity index (χ0n) is 17.2. The Hall–Kier alpha value is -3.20. The average molecular weight is 431 g/mol. The minimum atomic E-state index is -3.02. The lowest BCUT2D eigenvalue weighted by Crippen LogP contribution is -2.57. The summed E-state index contributed by atoms with van der Waals surface area (Å²) in [5.41, 5.74) is 1.47. The van der Waals surface area contributed by atoms with E-state index >= 15 is 0 Å². The number of rotatable bonds is 6. The lowest BCUT2D eigenvalue weighted by Gasteiger charge is -2.32. The Morgan fingerprint density at radius 2 is 2.23 bits per heavy atom. The Morgan fingerprint density at radius 3 is 3.00 bits per heavy atom. The number of nitrogens with one attached hydrogen (secondary N) is 2. The first-order chi connectivity index (χ1) is 14.9. The molecular formula is C22H23F2N3O4. The molecule has 0 aliphatic carbocycles. The minimum absolute atomic E-state index is 0.148. The van der Waals surface area contributed by atoms with Crippen LogP contribution in [0.5, 0.6) is 11.6 Å². The van der Waals surface area contributed by atoms with Crippen molar-refractivity contribution in [2.75, 3.05) is 20.2 Å². The summed E-state index contributed by atoms with van der Waals surface area (Å²) in [6.45, 7) is 1.80. The highest BCUT2D eigenvalue weighted by Gasteiger charge is 2.42. The Labute approximate surface area is 177 Å². The van der Waals surface area contributed by atoms with Crippen LogP contribution in [0.25, 0.3) is 11.0 Å². The van der Waals surface area contributed by atoms with Gasteiger partial charge in [-0.05, 0) is 50.2 Å². The molecule has 3 heterocycles. The molecule has 1 atom stereocenters. The van der Waals surface area contributed by atoms with Crippen molar-refractivity contribution in [1.82, 2.24) is 15.6 Å². The van der Waals surface area contributed by atoms with E-state index < -0.39 is 24.4 Å².